The Bertz CT molecular complexity index is 634. The van der Waals surface area contributed by atoms with Crippen molar-refractivity contribution in [2.24, 2.45) is 0 Å². The molecule has 0 aliphatic heterocycles. The molecular formula is C13H16N4O2. The number of aromatic nitrogens is 2. The van der Waals surface area contributed by atoms with Crippen molar-refractivity contribution in [2.45, 2.75) is 26.8 Å². The van der Waals surface area contributed by atoms with Crippen LogP contribution in [0.25, 0.3) is 0 Å². The number of nitrogens with two attached hydrogens (primary N) is 1. The lowest BCUT2D eigenvalue weighted by Gasteiger charge is -2.15. The molecule has 1 unspecified atom stereocenters. The van der Waals surface area contributed by atoms with E-state index in [2.05, 4.69) is 5.10 Å². The lowest BCUT2D eigenvalue weighted by atomic mass is 10.0. The molecule has 0 aliphatic rings. The minimum absolute atomic E-state index is 0.117. The van der Waals surface area contributed by atoms with Crippen LogP contribution in [0.15, 0.2) is 24.4 Å². The Morgan fingerprint density at radius 3 is 2.58 bits per heavy atom. The summed E-state index contributed by atoms with van der Waals surface area (Å²) in [6.45, 7) is 5.51. The highest BCUT2D eigenvalue weighted by atomic mass is 16.6. The van der Waals surface area contributed by atoms with Gasteiger partial charge in [0.25, 0.3) is 5.69 Å². The van der Waals surface area contributed by atoms with E-state index in [9.17, 15) is 10.1 Å². The van der Waals surface area contributed by atoms with E-state index in [1.54, 1.807) is 29.9 Å². The Hall–Kier alpha value is -2.37. The summed E-state index contributed by atoms with van der Waals surface area (Å²) in [5, 5.41) is 15.2. The summed E-state index contributed by atoms with van der Waals surface area (Å²) in [6, 6.07) is 5.05. The van der Waals surface area contributed by atoms with Crippen LogP contribution >= 0.6 is 0 Å². The minimum Gasteiger partial charge on any atom is -0.384 e. The van der Waals surface area contributed by atoms with Crippen molar-refractivity contribution in [3.05, 3.63) is 51.2 Å². The number of benzene rings is 1. The minimum atomic E-state index is -0.372. The number of hydrogen-bond acceptors (Lipinski definition) is 4. The average molecular weight is 260 g/mol. The topological polar surface area (TPSA) is 87.0 Å². The summed E-state index contributed by atoms with van der Waals surface area (Å²) in [5.74, 6) is 0.579. The molecule has 0 radical (unpaired) electrons. The van der Waals surface area contributed by atoms with Crippen molar-refractivity contribution >= 4 is 11.5 Å². The zero-order valence-electron chi connectivity index (χ0n) is 11.1. The summed E-state index contributed by atoms with van der Waals surface area (Å²) >= 11 is 0. The Morgan fingerprint density at radius 1 is 1.37 bits per heavy atom. The number of nitro benzene ring substituents is 1. The molecule has 2 N–H and O–H groups in total. The highest BCUT2D eigenvalue weighted by Crippen LogP contribution is 2.27. The molecule has 6 heteroatoms. The first-order chi connectivity index (χ1) is 8.91. The van der Waals surface area contributed by atoms with Gasteiger partial charge < -0.3 is 5.73 Å². The quantitative estimate of drug-likeness (QED) is 0.678. The van der Waals surface area contributed by atoms with Gasteiger partial charge in [-0.05, 0) is 26.3 Å². The van der Waals surface area contributed by atoms with Crippen molar-refractivity contribution in [2.75, 3.05) is 5.73 Å². The Morgan fingerprint density at radius 2 is 2.05 bits per heavy atom. The van der Waals surface area contributed by atoms with Gasteiger partial charge >= 0.3 is 0 Å². The van der Waals surface area contributed by atoms with Gasteiger partial charge in [-0.2, -0.15) is 5.10 Å². The number of nitrogen functional groups attached to an aromatic ring is 1. The first kappa shape index (κ1) is 13.1. The van der Waals surface area contributed by atoms with Gasteiger partial charge in [0.1, 0.15) is 5.82 Å². The number of nitro groups is 1. The van der Waals surface area contributed by atoms with Crippen LogP contribution in [-0.2, 0) is 0 Å². The summed E-state index contributed by atoms with van der Waals surface area (Å²) in [7, 11) is 0. The molecule has 0 saturated heterocycles. The standard InChI is InChI=1S/C13H16N4O2/c1-8-4-5-11(6-12(8)17(18)19)10(3)16-13(14)9(2)7-15-16/h4-7,10H,14H2,1-3H3. The van der Waals surface area contributed by atoms with Gasteiger partial charge in [-0.3, -0.25) is 10.1 Å². The number of rotatable bonds is 3. The SMILES string of the molecule is Cc1ccc(C(C)n2ncc(C)c2N)cc1[N+](=O)[O-]. The molecule has 0 amide bonds. The maximum Gasteiger partial charge on any atom is 0.272 e. The van der Waals surface area contributed by atoms with Crippen molar-refractivity contribution in [3.8, 4) is 0 Å². The van der Waals surface area contributed by atoms with E-state index in [1.807, 2.05) is 19.9 Å². The van der Waals surface area contributed by atoms with Crippen LogP contribution < -0.4 is 5.73 Å². The second-order valence-electron chi connectivity index (χ2n) is 4.64. The lowest BCUT2D eigenvalue weighted by molar-refractivity contribution is -0.385. The lowest BCUT2D eigenvalue weighted by Crippen LogP contribution is -2.12. The largest absolute Gasteiger partial charge is 0.384 e. The molecule has 1 atom stereocenters. The fraction of sp³-hybridized carbons (Fsp3) is 0.308. The molecule has 0 bridgehead atoms. The second kappa shape index (κ2) is 4.72. The second-order valence-corrected chi connectivity index (χ2v) is 4.64. The first-order valence-electron chi connectivity index (χ1n) is 5.96. The summed E-state index contributed by atoms with van der Waals surface area (Å²) < 4.78 is 1.67. The molecule has 0 aliphatic carbocycles. The maximum atomic E-state index is 11.0. The van der Waals surface area contributed by atoms with Gasteiger partial charge in [-0.1, -0.05) is 12.1 Å². The van der Waals surface area contributed by atoms with Crippen LogP contribution in [0.4, 0.5) is 11.5 Å². The maximum absolute atomic E-state index is 11.0. The summed E-state index contributed by atoms with van der Waals surface area (Å²) in [4.78, 5) is 10.6. The average Bonchev–Trinajstić information content (AvgIpc) is 2.69. The fourth-order valence-electron chi connectivity index (χ4n) is 1.99. The van der Waals surface area contributed by atoms with Crippen LogP contribution in [0.5, 0.6) is 0 Å². The van der Waals surface area contributed by atoms with Gasteiger partial charge in [0.2, 0.25) is 0 Å². The smallest absolute Gasteiger partial charge is 0.272 e. The van der Waals surface area contributed by atoms with Crippen LogP contribution in [-0.4, -0.2) is 14.7 Å². The highest BCUT2D eigenvalue weighted by molar-refractivity contribution is 5.45. The van der Waals surface area contributed by atoms with Crippen LogP contribution in [0, 0.1) is 24.0 Å². The molecule has 0 fully saturated rings. The van der Waals surface area contributed by atoms with Gasteiger partial charge in [-0.15, -0.1) is 0 Å². The molecule has 6 nitrogen and oxygen atoms in total. The van der Waals surface area contributed by atoms with Crippen LogP contribution in [0.2, 0.25) is 0 Å². The third kappa shape index (κ3) is 2.29. The number of nitrogens with zero attached hydrogens (tertiary/aromatic N) is 3. The van der Waals surface area contributed by atoms with Crippen molar-refractivity contribution in [3.63, 3.8) is 0 Å². The van der Waals surface area contributed by atoms with Gasteiger partial charge in [-0.25, -0.2) is 4.68 Å². The predicted molar refractivity (Wildman–Crippen MR) is 73.0 cm³/mol. The van der Waals surface area contributed by atoms with Gasteiger partial charge in [0.15, 0.2) is 0 Å². The molecule has 100 valence electrons. The summed E-state index contributed by atoms with van der Waals surface area (Å²) in [6.07, 6.45) is 1.69. The van der Waals surface area contributed by atoms with E-state index < -0.39 is 0 Å². The van der Waals surface area contributed by atoms with Crippen molar-refractivity contribution in [1.29, 1.82) is 0 Å². The number of aryl methyl sites for hydroxylation is 2. The zero-order valence-corrected chi connectivity index (χ0v) is 11.1. The van der Waals surface area contributed by atoms with Gasteiger partial charge in [0.05, 0.1) is 17.2 Å². The summed E-state index contributed by atoms with van der Waals surface area (Å²) in [5.41, 5.74) is 8.41. The molecule has 2 rings (SSSR count). The zero-order chi connectivity index (χ0) is 14.2. The first-order valence-corrected chi connectivity index (χ1v) is 5.96. The van der Waals surface area contributed by atoms with E-state index in [4.69, 9.17) is 5.73 Å². The molecule has 1 aromatic heterocycles. The fourth-order valence-corrected chi connectivity index (χ4v) is 1.99. The molecule has 0 saturated carbocycles. The van der Waals surface area contributed by atoms with E-state index >= 15 is 0 Å². The molecule has 2 aromatic rings. The third-order valence-corrected chi connectivity index (χ3v) is 3.31. The van der Waals surface area contributed by atoms with Gasteiger partial charge in [0, 0.05) is 17.2 Å². The number of anilines is 1. The van der Waals surface area contributed by atoms with Crippen molar-refractivity contribution in [1.82, 2.24) is 9.78 Å². The number of hydrogen-bond donors (Lipinski definition) is 1. The molecular weight excluding hydrogens is 244 g/mol. The highest BCUT2D eigenvalue weighted by Gasteiger charge is 2.17. The van der Waals surface area contributed by atoms with E-state index in [1.165, 1.54) is 0 Å². The molecule has 1 heterocycles. The van der Waals surface area contributed by atoms with E-state index in [0.29, 0.717) is 11.4 Å². The normalized spacial score (nSPS) is 12.4. The molecule has 0 spiro atoms. The van der Waals surface area contributed by atoms with E-state index in [0.717, 1.165) is 11.1 Å². The Kier molecular flexibility index (Phi) is 3.25. The molecule has 1 aromatic carbocycles. The molecule has 19 heavy (non-hydrogen) atoms. The van der Waals surface area contributed by atoms with Crippen molar-refractivity contribution < 1.29 is 4.92 Å². The van der Waals surface area contributed by atoms with Crippen LogP contribution in [0.3, 0.4) is 0 Å². The van der Waals surface area contributed by atoms with Crippen LogP contribution in [0.1, 0.15) is 29.7 Å². The third-order valence-electron chi connectivity index (χ3n) is 3.31. The monoisotopic (exact) mass is 260 g/mol. The predicted octanol–water partition coefficient (Wildman–Crippen LogP) is 2.60. The van der Waals surface area contributed by atoms with E-state index in [-0.39, 0.29) is 16.7 Å². The Balaban J connectivity index is 2.45. The Labute approximate surface area is 111 Å².